The van der Waals surface area contributed by atoms with E-state index in [1.54, 1.807) is 0 Å². The van der Waals surface area contributed by atoms with E-state index in [-0.39, 0.29) is 11.9 Å². The van der Waals surface area contributed by atoms with Crippen LogP contribution in [0, 0.1) is 5.92 Å². The maximum absolute atomic E-state index is 12.6. The number of benzene rings is 2. The number of carbonyl (C=O) groups excluding carboxylic acids is 1. The zero-order valence-electron chi connectivity index (χ0n) is 13.8. The van der Waals surface area contributed by atoms with Gasteiger partial charge in [-0.05, 0) is 34.7 Å². The van der Waals surface area contributed by atoms with Crippen LogP contribution in [0.4, 0.5) is 0 Å². The Labute approximate surface area is 138 Å². The van der Waals surface area contributed by atoms with Crippen LogP contribution in [-0.2, 0) is 13.1 Å². The summed E-state index contributed by atoms with van der Waals surface area (Å²) in [7, 11) is 0. The minimum atomic E-state index is 0.0594. The topological polar surface area (TPSA) is 46.3 Å². The smallest absolute Gasteiger partial charge is 0.254 e. The fraction of sp³-hybridized carbons (Fsp3) is 0.350. The molecule has 2 aromatic carbocycles. The van der Waals surface area contributed by atoms with Crippen molar-refractivity contribution in [1.82, 2.24) is 4.90 Å². The molecule has 0 spiro atoms. The van der Waals surface area contributed by atoms with E-state index in [2.05, 4.69) is 32.0 Å². The molecule has 1 aliphatic rings. The number of hydrogen-bond donors (Lipinski definition) is 1. The molecule has 3 heteroatoms. The second kappa shape index (κ2) is 6.55. The lowest BCUT2D eigenvalue weighted by Crippen LogP contribution is -2.25. The van der Waals surface area contributed by atoms with Crippen LogP contribution in [0.3, 0.4) is 0 Å². The predicted molar refractivity (Wildman–Crippen MR) is 92.8 cm³/mol. The molecule has 0 fully saturated rings. The second-order valence-corrected chi connectivity index (χ2v) is 6.47. The molecule has 3 nitrogen and oxygen atoms in total. The zero-order valence-corrected chi connectivity index (χ0v) is 13.8. The molecular weight excluding hydrogens is 284 g/mol. The van der Waals surface area contributed by atoms with Crippen LogP contribution in [0.15, 0.2) is 48.5 Å². The Morgan fingerprint density at radius 1 is 1.13 bits per heavy atom. The van der Waals surface area contributed by atoms with Crippen LogP contribution in [0.25, 0.3) is 0 Å². The normalized spacial score (nSPS) is 16.0. The Bertz CT molecular complexity index is 696. The molecule has 2 N–H and O–H groups in total. The van der Waals surface area contributed by atoms with Crippen molar-refractivity contribution in [3.05, 3.63) is 70.8 Å². The number of nitrogens with two attached hydrogens (primary N) is 1. The summed E-state index contributed by atoms with van der Waals surface area (Å²) in [4.78, 5) is 14.5. The molecule has 120 valence electrons. The Hall–Kier alpha value is -2.13. The number of amides is 1. The van der Waals surface area contributed by atoms with Gasteiger partial charge in [0.2, 0.25) is 0 Å². The third kappa shape index (κ3) is 3.15. The molecule has 23 heavy (non-hydrogen) atoms. The fourth-order valence-electron chi connectivity index (χ4n) is 3.11. The largest absolute Gasteiger partial charge is 0.330 e. The highest BCUT2D eigenvalue weighted by molar-refractivity contribution is 5.94. The van der Waals surface area contributed by atoms with Crippen molar-refractivity contribution >= 4 is 5.91 Å². The Balaban J connectivity index is 1.78. The maximum atomic E-state index is 12.6. The molecule has 1 amide bonds. The predicted octanol–water partition coefficient (Wildman–Crippen LogP) is 3.89. The van der Waals surface area contributed by atoms with E-state index in [9.17, 15) is 4.79 Å². The summed E-state index contributed by atoms with van der Waals surface area (Å²) >= 11 is 0. The molecule has 0 saturated heterocycles. The van der Waals surface area contributed by atoms with Gasteiger partial charge in [-0.1, -0.05) is 56.7 Å². The number of nitrogens with zero attached hydrogens (tertiary/aromatic N) is 1. The Morgan fingerprint density at radius 2 is 1.83 bits per heavy atom. The third-order valence-electron chi connectivity index (χ3n) is 4.90. The van der Waals surface area contributed by atoms with Gasteiger partial charge in [-0.2, -0.15) is 0 Å². The summed E-state index contributed by atoms with van der Waals surface area (Å²) in [5.41, 5.74) is 10.7. The minimum Gasteiger partial charge on any atom is -0.330 e. The number of carbonyl (C=O) groups is 1. The number of rotatable bonds is 4. The van der Waals surface area contributed by atoms with Crippen LogP contribution < -0.4 is 5.73 Å². The second-order valence-electron chi connectivity index (χ2n) is 6.47. The number of fused-ring (bicyclic) bond motifs is 1. The highest BCUT2D eigenvalue weighted by atomic mass is 16.2. The molecule has 0 saturated carbocycles. The minimum absolute atomic E-state index is 0.0594. The summed E-state index contributed by atoms with van der Waals surface area (Å²) in [5.74, 6) is 0.547. The van der Waals surface area contributed by atoms with Gasteiger partial charge in [0.05, 0.1) is 0 Å². The average molecular weight is 308 g/mol. The molecule has 0 radical (unpaired) electrons. The van der Waals surface area contributed by atoms with Crippen molar-refractivity contribution in [3.8, 4) is 0 Å². The SMILES string of the molecule is CCC(C)C(N)c1ccc2c(c1)CN(C(=O)c1ccccc1)C2. The van der Waals surface area contributed by atoms with E-state index in [1.807, 2.05) is 35.2 Å². The summed E-state index contributed by atoms with van der Waals surface area (Å²) in [6.07, 6.45) is 1.07. The first-order valence-corrected chi connectivity index (χ1v) is 8.31. The first-order chi connectivity index (χ1) is 11.1. The van der Waals surface area contributed by atoms with Gasteiger partial charge in [0.1, 0.15) is 0 Å². The van der Waals surface area contributed by atoms with E-state index in [0.29, 0.717) is 19.0 Å². The molecule has 2 unspecified atom stereocenters. The van der Waals surface area contributed by atoms with Crippen LogP contribution in [0.2, 0.25) is 0 Å². The average Bonchev–Trinajstić information content (AvgIpc) is 3.03. The summed E-state index contributed by atoms with van der Waals surface area (Å²) in [6.45, 7) is 5.70. The van der Waals surface area contributed by atoms with Gasteiger partial charge < -0.3 is 10.6 Å². The third-order valence-corrected chi connectivity index (χ3v) is 4.90. The highest BCUT2D eigenvalue weighted by Crippen LogP contribution is 2.29. The Morgan fingerprint density at radius 3 is 2.52 bits per heavy atom. The zero-order chi connectivity index (χ0) is 16.4. The molecule has 0 aliphatic carbocycles. The van der Waals surface area contributed by atoms with Gasteiger partial charge in [0.15, 0.2) is 0 Å². The van der Waals surface area contributed by atoms with Gasteiger partial charge in [-0.15, -0.1) is 0 Å². The van der Waals surface area contributed by atoms with Crippen LogP contribution in [-0.4, -0.2) is 10.8 Å². The molecule has 2 aromatic rings. The van der Waals surface area contributed by atoms with Gasteiger partial charge in [-0.25, -0.2) is 0 Å². The lowest BCUT2D eigenvalue weighted by atomic mass is 9.91. The summed E-state index contributed by atoms with van der Waals surface area (Å²) in [6, 6.07) is 16.0. The summed E-state index contributed by atoms with van der Waals surface area (Å²) in [5, 5.41) is 0. The Kier molecular flexibility index (Phi) is 4.49. The molecular formula is C20H24N2O. The standard InChI is InChI=1S/C20H24N2O/c1-3-14(2)19(21)16-9-10-17-12-22(13-18(17)11-16)20(23)15-7-5-4-6-8-15/h4-11,14,19H,3,12-13,21H2,1-2H3. The lowest BCUT2D eigenvalue weighted by molar-refractivity contribution is 0.0751. The van der Waals surface area contributed by atoms with Gasteiger partial charge in [-0.3, -0.25) is 4.79 Å². The molecule has 3 rings (SSSR count). The van der Waals surface area contributed by atoms with Crippen LogP contribution in [0.1, 0.15) is 53.4 Å². The van der Waals surface area contributed by atoms with Crippen molar-refractivity contribution in [2.75, 3.05) is 0 Å². The van der Waals surface area contributed by atoms with Gasteiger partial charge >= 0.3 is 0 Å². The van der Waals surface area contributed by atoms with E-state index >= 15 is 0 Å². The number of hydrogen-bond acceptors (Lipinski definition) is 2. The van der Waals surface area contributed by atoms with Crippen molar-refractivity contribution in [1.29, 1.82) is 0 Å². The maximum Gasteiger partial charge on any atom is 0.254 e. The molecule has 1 aliphatic heterocycles. The summed E-state index contributed by atoms with van der Waals surface area (Å²) < 4.78 is 0. The van der Waals surface area contributed by atoms with Crippen LogP contribution >= 0.6 is 0 Å². The van der Waals surface area contributed by atoms with E-state index < -0.39 is 0 Å². The van der Waals surface area contributed by atoms with Crippen LogP contribution in [0.5, 0.6) is 0 Å². The van der Waals surface area contributed by atoms with Crippen molar-refractivity contribution in [2.45, 2.75) is 39.4 Å². The van der Waals surface area contributed by atoms with E-state index in [0.717, 1.165) is 12.0 Å². The van der Waals surface area contributed by atoms with Gasteiger partial charge in [0, 0.05) is 24.7 Å². The van der Waals surface area contributed by atoms with Crippen molar-refractivity contribution in [2.24, 2.45) is 11.7 Å². The molecule has 0 bridgehead atoms. The first-order valence-electron chi connectivity index (χ1n) is 8.31. The van der Waals surface area contributed by atoms with Crippen molar-refractivity contribution in [3.63, 3.8) is 0 Å². The van der Waals surface area contributed by atoms with Gasteiger partial charge in [0.25, 0.3) is 5.91 Å². The molecule has 0 aromatic heterocycles. The molecule has 2 atom stereocenters. The monoisotopic (exact) mass is 308 g/mol. The van der Waals surface area contributed by atoms with E-state index in [4.69, 9.17) is 5.73 Å². The van der Waals surface area contributed by atoms with Crippen molar-refractivity contribution < 1.29 is 4.79 Å². The highest BCUT2D eigenvalue weighted by Gasteiger charge is 2.25. The molecule has 1 heterocycles. The lowest BCUT2D eigenvalue weighted by Gasteiger charge is -2.19. The van der Waals surface area contributed by atoms with E-state index in [1.165, 1.54) is 16.7 Å². The quantitative estimate of drug-likeness (QED) is 0.931. The fourth-order valence-corrected chi connectivity index (χ4v) is 3.11. The first kappa shape index (κ1) is 15.8.